The van der Waals surface area contributed by atoms with Gasteiger partial charge in [-0.1, -0.05) is 44.5 Å². The number of halogens is 1. The molecule has 0 atom stereocenters. The van der Waals surface area contributed by atoms with Crippen LogP contribution in [0.3, 0.4) is 0 Å². The first-order valence-electron chi connectivity index (χ1n) is 6.84. The minimum Gasteiger partial charge on any atom is -0.355 e. The van der Waals surface area contributed by atoms with Gasteiger partial charge in [0.25, 0.3) is 5.91 Å². The van der Waals surface area contributed by atoms with Gasteiger partial charge < -0.3 is 5.32 Å². The first-order chi connectivity index (χ1) is 10.2. The highest BCUT2D eigenvalue weighted by Gasteiger charge is 2.20. The van der Waals surface area contributed by atoms with Crippen molar-refractivity contribution >= 4 is 29.3 Å². The summed E-state index contributed by atoms with van der Waals surface area (Å²) in [5, 5.41) is 2.95. The van der Waals surface area contributed by atoms with Gasteiger partial charge in [-0.05, 0) is 12.1 Å². The summed E-state index contributed by atoms with van der Waals surface area (Å²) in [7, 11) is 0. The molecule has 0 bridgehead atoms. The minimum atomic E-state index is -0.505. The zero-order valence-electron chi connectivity index (χ0n) is 12.8. The van der Waals surface area contributed by atoms with Gasteiger partial charge in [-0.3, -0.25) is 25.2 Å². The van der Waals surface area contributed by atoms with Crippen LogP contribution < -0.4 is 16.2 Å². The third kappa shape index (κ3) is 5.73. The largest absolute Gasteiger partial charge is 0.355 e. The maximum absolute atomic E-state index is 11.8. The fraction of sp³-hybridized carbons (Fsp3) is 0.400. The molecule has 0 spiro atoms. The second-order valence-corrected chi connectivity index (χ2v) is 6.15. The summed E-state index contributed by atoms with van der Waals surface area (Å²) < 4.78 is 0. The van der Waals surface area contributed by atoms with Gasteiger partial charge in [-0.25, -0.2) is 0 Å². The van der Waals surface area contributed by atoms with E-state index in [1.54, 1.807) is 45.0 Å². The molecule has 0 aromatic heterocycles. The number of rotatable bonds is 4. The Morgan fingerprint density at radius 1 is 1.09 bits per heavy atom. The number of benzene rings is 1. The van der Waals surface area contributed by atoms with E-state index < -0.39 is 17.2 Å². The average Bonchev–Trinajstić information content (AvgIpc) is 2.44. The van der Waals surface area contributed by atoms with Gasteiger partial charge in [0, 0.05) is 18.4 Å². The Balaban J connectivity index is 2.34. The van der Waals surface area contributed by atoms with Crippen molar-refractivity contribution in [1.82, 2.24) is 16.2 Å². The summed E-state index contributed by atoms with van der Waals surface area (Å²) in [4.78, 5) is 35.0. The molecule has 0 aliphatic rings. The molecule has 3 amide bonds. The maximum atomic E-state index is 11.8. The van der Waals surface area contributed by atoms with E-state index >= 15 is 0 Å². The van der Waals surface area contributed by atoms with Crippen molar-refractivity contribution in [1.29, 1.82) is 0 Å². The van der Waals surface area contributed by atoms with Crippen LogP contribution in [0.5, 0.6) is 0 Å². The van der Waals surface area contributed by atoms with E-state index in [9.17, 15) is 14.4 Å². The average molecular weight is 326 g/mol. The smallest absolute Gasteiger partial charge is 0.271 e. The number of hydrogen-bond acceptors (Lipinski definition) is 3. The maximum Gasteiger partial charge on any atom is 0.271 e. The van der Waals surface area contributed by atoms with Gasteiger partial charge >= 0.3 is 0 Å². The summed E-state index contributed by atoms with van der Waals surface area (Å²) in [6, 6.07) is 6.51. The first kappa shape index (κ1) is 18.0. The molecule has 1 aromatic rings. The van der Waals surface area contributed by atoms with Gasteiger partial charge in [0.2, 0.25) is 11.8 Å². The van der Waals surface area contributed by atoms with Crippen LogP contribution in [0.15, 0.2) is 24.3 Å². The molecule has 0 saturated heterocycles. The Kier molecular flexibility index (Phi) is 6.37. The Bertz CT molecular complexity index is 567. The van der Waals surface area contributed by atoms with E-state index in [2.05, 4.69) is 16.2 Å². The monoisotopic (exact) mass is 325 g/mol. The number of nitrogens with one attached hydrogen (secondary N) is 3. The standard InChI is InChI=1S/C15H20ClN3O3/c1-15(2,3)14(22)17-9-8-12(20)18-19-13(21)10-6-4-5-7-11(10)16/h4-7H,8-9H2,1-3H3,(H,17,22)(H,18,20)(H,19,21). The Hall–Kier alpha value is -2.08. The normalized spacial score (nSPS) is 10.7. The molecule has 0 fully saturated rings. The molecule has 0 heterocycles. The van der Waals surface area contributed by atoms with Crippen LogP contribution in [-0.2, 0) is 9.59 Å². The number of hydrazine groups is 1. The quantitative estimate of drug-likeness (QED) is 0.736. The highest BCUT2D eigenvalue weighted by molar-refractivity contribution is 6.33. The van der Waals surface area contributed by atoms with Gasteiger partial charge in [0.1, 0.15) is 0 Å². The zero-order valence-corrected chi connectivity index (χ0v) is 13.6. The van der Waals surface area contributed by atoms with Crippen LogP contribution in [0.1, 0.15) is 37.6 Å². The first-order valence-corrected chi connectivity index (χ1v) is 7.21. The van der Waals surface area contributed by atoms with Crippen LogP contribution >= 0.6 is 11.6 Å². The van der Waals surface area contributed by atoms with E-state index in [4.69, 9.17) is 11.6 Å². The molecule has 120 valence electrons. The number of carbonyl (C=O) groups is 3. The van der Waals surface area contributed by atoms with Crippen molar-refractivity contribution in [3.8, 4) is 0 Å². The molecule has 6 nitrogen and oxygen atoms in total. The third-order valence-electron chi connectivity index (χ3n) is 2.75. The van der Waals surface area contributed by atoms with Gasteiger partial charge in [0.15, 0.2) is 0 Å². The number of amides is 3. The third-order valence-corrected chi connectivity index (χ3v) is 3.08. The Morgan fingerprint density at radius 2 is 1.73 bits per heavy atom. The van der Waals surface area contributed by atoms with Crippen LogP contribution in [0.2, 0.25) is 5.02 Å². The van der Waals surface area contributed by atoms with E-state index in [0.717, 1.165) is 0 Å². The molecule has 0 aliphatic carbocycles. The van der Waals surface area contributed by atoms with Gasteiger partial charge in [0.05, 0.1) is 10.6 Å². The molecule has 22 heavy (non-hydrogen) atoms. The lowest BCUT2D eigenvalue weighted by Gasteiger charge is -2.17. The van der Waals surface area contributed by atoms with Crippen molar-refractivity contribution in [3.05, 3.63) is 34.9 Å². The highest BCUT2D eigenvalue weighted by Crippen LogP contribution is 2.14. The molecule has 7 heteroatoms. The van der Waals surface area contributed by atoms with Crippen molar-refractivity contribution in [2.45, 2.75) is 27.2 Å². The lowest BCUT2D eigenvalue weighted by molar-refractivity contribution is -0.128. The van der Waals surface area contributed by atoms with E-state index in [1.807, 2.05) is 0 Å². The molecule has 3 N–H and O–H groups in total. The summed E-state index contributed by atoms with van der Waals surface area (Å²) in [6.07, 6.45) is 0.0601. The summed E-state index contributed by atoms with van der Waals surface area (Å²) in [5.74, 6) is -1.05. The topological polar surface area (TPSA) is 87.3 Å². The highest BCUT2D eigenvalue weighted by atomic mass is 35.5. The lowest BCUT2D eigenvalue weighted by atomic mass is 9.96. The fourth-order valence-corrected chi connectivity index (χ4v) is 1.68. The van der Waals surface area contributed by atoms with E-state index in [-0.39, 0.29) is 24.4 Å². The number of carbonyl (C=O) groups excluding carboxylic acids is 3. The van der Waals surface area contributed by atoms with Gasteiger partial charge in [-0.2, -0.15) is 0 Å². The summed E-state index contributed by atoms with van der Waals surface area (Å²) >= 11 is 5.87. The van der Waals surface area contributed by atoms with Crippen molar-refractivity contribution in [2.24, 2.45) is 5.41 Å². The van der Waals surface area contributed by atoms with E-state index in [1.165, 1.54) is 0 Å². The van der Waals surface area contributed by atoms with Crippen LogP contribution in [0.25, 0.3) is 0 Å². The molecule has 0 radical (unpaired) electrons. The lowest BCUT2D eigenvalue weighted by Crippen LogP contribution is -2.43. The molecular weight excluding hydrogens is 306 g/mol. The summed E-state index contributed by atoms with van der Waals surface area (Å²) in [5.41, 5.74) is 4.31. The van der Waals surface area contributed by atoms with Crippen molar-refractivity contribution in [2.75, 3.05) is 6.54 Å². The molecule has 0 aliphatic heterocycles. The fourth-order valence-electron chi connectivity index (χ4n) is 1.46. The predicted octanol–water partition coefficient (Wildman–Crippen LogP) is 1.65. The second-order valence-electron chi connectivity index (χ2n) is 5.74. The summed E-state index contributed by atoms with van der Waals surface area (Å²) in [6.45, 7) is 5.55. The molecular formula is C15H20ClN3O3. The van der Waals surface area contributed by atoms with Crippen molar-refractivity contribution < 1.29 is 14.4 Å². The minimum absolute atomic E-state index is 0.0601. The molecule has 1 rings (SSSR count). The SMILES string of the molecule is CC(C)(C)C(=O)NCCC(=O)NNC(=O)c1ccccc1Cl. The van der Waals surface area contributed by atoms with E-state index in [0.29, 0.717) is 5.02 Å². The van der Waals surface area contributed by atoms with Crippen LogP contribution in [0.4, 0.5) is 0 Å². The molecule has 0 unspecified atom stereocenters. The Labute approximate surface area is 134 Å². The Morgan fingerprint density at radius 3 is 2.32 bits per heavy atom. The van der Waals surface area contributed by atoms with Crippen molar-refractivity contribution in [3.63, 3.8) is 0 Å². The zero-order chi connectivity index (χ0) is 16.8. The van der Waals surface area contributed by atoms with Crippen LogP contribution in [-0.4, -0.2) is 24.3 Å². The molecule has 0 saturated carbocycles. The second kappa shape index (κ2) is 7.79. The molecule has 1 aromatic carbocycles. The van der Waals surface area contributed by atoms with Gasteiger partial charge in [-0.15, -0.1) is 0 Å². The predicted molar refractivity (Wildman–Crippen MR) is 84.1 cm³/mol. The van der Waals surface area contributed by atoms with Crippen LogP contribution in [0, 0.1) is 5.41 Å². The number of hydrogen-bond donors (Lipinski definition) is 3.